The zero-order valence-electron chi connectivity index (χ0n) is 12.5. The van der Waals surface area contributed by atoms with Gasteiger partial charge in [0.05, 0.1) is 11.5 Å². The van der Waals surface area contributed by atoms with Crippen LogP contribution in [0.5, 0.6) is 0 Å². The molecule has 1 aromatic rings. The van der Waals surface area contributed by atoms with E-state index in [-0.39, 0.29) is 10.6 Å². The van der Waals surface area contributed by atoms with E-state index in [1.807, 2.05) is 11.8 Å². The summed E-state index contributed by atoms with van der Waals surface area (Å²) in [6.07, 6.45) is 2.23. The molecule has 7 heteroatoms. The number of hydrogen-bond acceptors (Lipinski definition) is 6. The second kappa shape index (κ2) is 7.33. The van der Waals surface area contributed by atoms with Gasteiger partial charge in [-0.2, -0.15) is 0 Å². The van der Waals surface area contributed by atoms with E-state index >= 15 is 0 Å². The predicted octanol–water partition coefficient (Wildman–Crippen LogP) is 1.50. The van der Waals surface area contributed by atoms with Crippen LogP contribution in [0.15, 0.2) is 12.1 Å². The maximum absolute atomic E-state index is 11.2. The SMILES string of the molecule is COCCN(CC1CCCN1)c1nc(C)ccc1[N+](=O)[O-]. The summed E-state index contributed by atoms with van der Waals surface area (Å²) in [4.78, 5) is 17.2. The minimum Gasteiger partial charge on any atom is -0.383 e. The van der Waals surface area contributed by atoms with Crippen LogP contribution in [0.4, 0.5) is 11.5 Å². The number of aromatic nitrogens is 1. The number of nitro groups is 1. The minimum absolute atomic E-state index is 0.0506. The van der Waals surface area contributed by atoms with E-state index in [1.54, 1.807) is 13.2 Å². The number of methoxy groups -OCH3 is 1. The Morgan fingerprint density at radius 1 is 1.57 bits per heavy atom. The first kappa shape index (κ1) is 15.7. The van der Waals surface area contributed by atoms with E-state index < -0.39 is 0 Å². The van der Waals surface area contributed by atoms with Gasteiger partial charge in [-0.05, 0) is 32.4 Å². The van der Waals surface area contributed by atoms with Gasteiger partial charge in [-0.3, -0.25) is 10.1 Å². The highest BCUT2D eigenvalue weighted by atomic mass is 16.6. The average Bonchev–Trinajstić information content (AvgIpc) is 2.96. The Kier molecular flexibility index (Phi) is 5.46. The first-order valence-electron chi connectivity index (χ1n) is 7.21. The third kappa shape index (κ3) is 4.12. The molecule has 1 aliphatic heterocycles. The summed E-state index contributed by atoms with van der Waals surface area (Å²) in [5.74, 6) is 0.436. The molecule has 1 saturated heterocycles. The number of hydrogen-bond donors (Lipinski definition) is 1. The van der Waals surface area contributed by atoms with Crippen LogP contribution in [-0.4, -0.2) is 49.3 Å². The van der Waals surface area contributed by atoms with Crippen molar-refractivity contribution in [2.24, 2.45) is 0 Å². The van der Waals surface area contributed by atoms with Crippen LogP contribution >= 0.6 is 0 Å². The molecule has 2 rings (SSSR count). The van der Waals surface area contributed by atoms with Crippen molar-refractivity contribution < 1.29 is 9.66 Å². The smallest absolute Gasteiger partial charge is 0.311 e. The molecule has 21 heavy (non-hydrogen) atoms. The van der Waals surface area contributed by atoms with Gasteiger partial charge < -0.3 is 15.0 Å². The highest BCUT2D eigenvalue weighted by Crippen LogP contribution is 2.26. The van der Waals surface area contributed by atoms with Crippen LogP contribution in [0.2, 0.25) is 0 Å². The van der Waals surface area contributed by atoms with Crippen molar-refractivity contribution in [3.8, 4) is 0 Å². The Bertz CT molecular complexity index is 489. The number of nitrogens with zero attached hydrogens (tertiary/aromatic N) is 3. The fourth-order valence-electron chi connectivity index (χ4n) is 2.57. The van der Waals surface area contributed by atoms with Gasteiger partial charge in [0, 0.05) is 38.0 Å². The summed E-state index contributed by atoms with van der Waals surface area (Å²) in [6.45, 7) is 4.66. The second-order valence-electron chi connectivity index (χ2n) is 5.28. The Balaban J connectivity index is 2.25. The van der Waals surface area contributed by atoms with Gasteiger partial charge in [0.25, 0.3) is 0 Å². The molecular formula is C14H22N4O3. The minimum atomic E-state index is -0.371. The molecule has 1 aliphatic rings. The van der Waals surface area contributed by atoms with Gasteiger partial charge in [0.2, 0.25) is 5.82 Å². The van der Waals surface area contributed by atoms with Gasteiger partial charge in [-0.1, -0.05) is 0 Å². The summed E-state index contributed by atoms with van der Waals surface area (Å²) < 4.78 is 5.13. The quantitative estimate of drug-likeness (QED) is 0.606. The number of ether oxygens (including phenoxy) is 1. The zero-order chi connectivity index (χ0) is 15.2. The Hall–Kier alpha value is -1.73. The number of pyridine rings is 1. The monoisotopic (exact) mass is 294 g/mol. The van der Waals surface area contributed by atoms with E-state index in [9.17, 15) is 10.1 Å². The Morgan fingerprint density at radius 3 is 3.00 bits per heavy atom. The largest absolute Gasteiger partial charge is 0.383 e. The lowest BCUT2D eigenvalue weighted by atomic mass is 10.2. The molecule has 0 saturated carbocycles. The van der Waals surface area contributed by atoms with Crippen molar-refractivity contribution in [1.82, 2.24) is 10.3 Å². The molecule has 0 aliphatic carbocycles. The molecule has 0 aromatic carbocycles. The van der Waals surface area contributed by atoms with E-state index in [0.717, 1.165) is 25.1 Å². The average molecular weight is 294 g/mol. The van der Waals surface area contributed by atoms with Gasteiger partial charge in [-0.15, -0.1) is 0 Å². The van der Waals surface area contributed by atoms with Crippen molar-refractivity contribution in [1.29, 1.82) is 0 Å². The van der Waals surface area contributed by atoms with Crippen LogP contribution in [0.1, 0.15) is 18.5 Å². The third-order valence-electron chi connectivity index (χ3n) is 3.66. The molecular weight excluding hydrogens is 272 g/mol. The number of rotatable bonds is 7. The first-order valence-corrected chi connectivity index (χ1v) is 7.21. The summed E-state index contributed by atoms with van der Waals surface area (Å²) in [6, 6.07) is 3.55. The molecule has 0 amide bonds. The topological polar surface area (TPSA) is 80.5 Å². The zero-order valence-corrected chi connectivity index (χ0v) is 12.5. The maximum Gasteiger partial charge on any atom is 0.311 e. The van der Waals surface area contributed by atoms with Crippen LogP contribution in [0, 0.1) is 17.0 Å². The lowest BCUT2D eigenvalue weighted by molar-refractivity contribution is -0.384. The fourth-order valence-corrected chi connectivity index (χ4v) is 2.57. The van der Waals surface area contributed by atoms with Crippen LogP contribution in [-0.2, 0) is 4.74 Å². The predicted molar refractivity (Wildman–Crippen MR) is 80.7 cm³/mol. The molecule has 116 valence electrons. The summed E-state index contributed by atoms with van der Waals surface area (Å²) in [7, 11) is 1.63. The third-order valence-corrected chi connectivity index (χ3v) is 3.66. The van der Waals surface area contributed by atoms with E-state index in [2.05, 4.69) is 10.3 Å². The Morgan fingerprint density at radius 2 is 2.38 bits per heavy atom. The molecule has 0 spiro atoms. The molecule has 1 fully saturated rings. The van der Waals surface area contributed by atoms with Crippen molar-refractivity contribution in [2.75, 3.05) is 38.3 Å². The molecule has 1 N–H and O–H groups in total. The van der Waals surface area contributed by atoms with Gasteiger partial charge in [-0.25, -0.2) is 4.98 Å². The van der Waals surface area contributed by atoms with Gasteiger partial charge in [0.1, 0.15) is 0 Å². The fraction of sp³-hybridized carbons (Fsp3) is 0.643. The van der Waals surface area contributed by atoms with E-state index in [0.29, 0.717) is 31.6 Å². The summed E-state index contributed by atoms with van der Waals surface area (Å²) in [5.41, 5.74) is 0.826. The standard InChI is InChI=1S/C14H22N4O3/c1-11-5-6-13(18(19)20)14(16-11)17(8-9-21-2)10-12-4-3-7-15-12/h5-6,12,15H,3-4,7-10H2,1-2H3. The van der Waals surface area contributed by atoms with Crippen LogP contribution in [0.25, 0.3) is 0 Å². The lowest BCUT2D eigenvalue weighted by Gasteiger charge is -2.26. The van der Waals surface area contributed by atoms with E-state index in [1.165, 1.54) is 6.07 Å². The maximum atomic E-state index is 11.2. The van der Waals surface area contributed by atoms with Crippen molar-refractivity contribution in [2.45, 2.75) is 25.8 Å². The van der Waals surface area contributed by atoms with Crippen molar-refractivity contribution in [3.05, 3.63) is 27.9 Å². The first-order chi connectivity index (χ1) is 10.1. The number of aryl methyl sites for hydroxylation is 1. The number of nitrogens with one attached hydrogen (secondary N) is 1. The van der Waals surface area contributed by atoms with Crippen LogP contribution < -0.4 is 10.2 Å². The number of anilines is 1. The highest BCUT2D eigenvalue weighted by molar-refractivity contribution is 5.58. The molecule has 1 unspecified atom stereocenters. The summed E-state index contributed by atoms with van der Waals surface area (Å²) in [5, 5.41) is 14.7. The Labute approximate surface area is 124 Å². The molecule has 7 nitrogen and oxygen atoms in total. The molecule has 0 bridgehead atoms. The molecule has 2 heterocycles. The molecule has 1 atom stereocenters. The summed E-state index contributed by atoms with van der Waals surface area (Å²) >= 11 is 0. The second-order valence-corrected chi connectivity index (χ2v) is 5.28. The molecule has 1 aromatic heterocycles. The molecule has 0 radical (unpaired) electrons. The normalized spacial score (nSPS) is 17.9. The highest BCUT2D eigenvalue weighted by Gasteiger charge is 2.25. The lowest BCUT2D eigenvalue weighted by Crippen LogP contribution is -2.40. The van der Waals surface area contributed by atoms with E-state index in [4.69, 9.17) is 4.74 Å². The van der Waals surface area contributed by atoms with Gasteiger partial charge >= 0.3 is 5.69 Å². The van der Waals surface area contributed by atoms with Crippen LogP contribution in [0.3, 0.4) is 0 Å². The van der Waals surface area contributed by atoms with Crippen molar-refractivity contribution in [3.63, 3.8) is 0 Å². The van der Waals surface area contributed by atoms with Gasteiger partial charge in [0.15, 0.2) is 0 Å². The van der Waals surface area contributed by atoms with Crippen molar-refractivity contribution >= 4 is 11.5 Å².